The Hall–Kier alpha value is -1.60. The number of aliphatic hydroxyl groups excluding tert-OH is 1. The van der Waals surface area contributed by atoms with Gasteiger partial charge in [-0.15, -0.1) is 5.10 Å². The van der Waals surface area contributed by atoms with Gasteiger partial charge >= 0.3 is 0 Å². The van der Waals surface area contributed by atoms with Crippen LogP contribution in [0.2, 0.25) is 0 Å². The van der Waals surface area contributed by atoms with Crippen molar-refractivity contribution in [2.24, 2.45) is 0 Å². The highest BCUT2D eigenvalue weighted by Crippen LogP contribution is 2.15. The smallest absolute Gasteiger partial charge is 0.209 e. The molecule has 0 aliphatic carbocycles. The molecule has 19 heavy (non-hydrogen) atoms. The average molecular weight is 280 g/mol. The number of tetrazole rings is 1. The monoisotopic (exact) mass is 280 g/mol. The number of thioether (sulfide) groups is 1. The van der Waals surface area contributed by atoms with Crippen molar-refractivity contribution in [3.8, 4) is 5.75 Å². The minimum Gasteiger partial charge on any atom is -0.494 e. The maximum absolute atomic E-state index is 8.85. The van der Waals surface area contributed by atoms with Crippen LogP contribution in [-0.2, 0) is 6.54 Å². The van der Waals surface area contributed by atoms with Crippen LogP contribution in [0.1, 0.15) is 6.42 Å². The Kier molecular flexibility index (Phi) is 5.64. The second-order valence-corrected chi connectivity index (χ2v) is 4.83. The van der Waals surface area contributed by atoms with E-state index in [2.05, 4.69) is 15.5 Å². The third-order valence-corrected chi connectivity index (χ3v) is 3.39. The van der Waals surface area contributed by atoms with Gasteiger partial charge in [-0.1, -0.05) is 30.0 Å². The van der Waals surface area contributed by atoms with E-state index in [0.717, 1.165) is 23.1 Å². The van der Waals surface area contributed by atoms with E-state index in [1.54, 1.807) is 16.4 Å². The average Bonchev–Trinajstić information content (AvgIpc) is 2.88. The van der Waals surface area contributed by atoms with Crippen molar-refractivity contribution in [2.45, 2.75) is 18.1 Å². The van der Waals surface area contributed by atoms with Crippen LogP contribution in [0.3, 0.4) is 0 Å². The van der Waals surface area contributed by atoms with Crippen molar-refractivity contribution >= 4 is 11.8 Å². The lowest BCUT2D eigenvalue weighted by Crippen LogP contribution is -2.06. The second kappa shape index (κ2) is 7.75. The lowest BCUT2D eigenvalue weighted by atomic mass is 10.3. The second-order valence-electron chi connectivity index (χ2n) is 3.77. The molecule has 0 amide bonds. The van der Waals surface area contributed by atoms with Crippen molar-refractivity contribution in [3.05, 3.63) is 30.3 Å². The van der Waals surface area contributed by atoms with Gasteiger partial charge in [0.05, 0.1) is 19.8 Å². The fourth-order valence-corrected chi connectivity index (χ4v) is 2.28. The quantitative estimate of drug-likeness (QED) is 0.579. The molecule has 0 aliphatic rings. The largest absolute Gasteiger partial charge is 0.494 e. The topological polar surface area (TPSA) is 73.1 Å². The van der Waals surface area contributed by atoms with Crippen LogP contribution >= 0.6 is 11.8 Å². The van der Waals surface area contributed by atoms with Gasteiger partial charge in [-0.05, 0) is 29.0 Å². The molecule has 1 N–H and O–H groups in total. The summed E-state index contributed by atoms with van der Waals surface area (Å²) in [6.45, 7) is 1.13. The minimum atomic E-state index is 0.0374. The zero-order valence-corrected chi connectivity index (χ0v) is 11.3. The Labute approximate surface area is 115 Å². The maximum Gasteiger partial charge on any atom is 0.209 e. The van der Waals surface area contributed by atoms with Gasteiger partial charge in [0.2, 0.25) is 5.16 Å². The van der Waals surface area contributed by atoms with Crippen molar-refractivity contribution in [1.82, 2.24) is 20.2 Å². The van der Waals surface area contributed by atoms with Gasteiger partial charge < -0.3 is 9.84 Å². The summed E-state index contributed by atoms with van der Waals surface area (Å²) in [4.78, 5) is 0. The summed E-state index contributed by atoms with van der Waals surface area (Å²) in [7, 11) is 0. The molecule has 102 valence electrons. The number of hydrogen-bond acceptors (Lipinski definition) is 6. The first-order chi connectivity index (χ1) is 9.40. The molecule has 0 radical (unpaired) electrons. The van der Waals surface area contributed by atoms with Crippen molar-refractivity contribution in [3.63, 3.8) is 0 Å². The minimum absolute atomic E-state index is 0.0374. The van der Waals surface area contributed by atoms with Crippen LogP contribution in [0.25, 0.3) is 0 Å². The highest BCUT2D eigenvalue weighted by molar-refractivity contribution is 7.99. The van der Waals surface area contributed by atoms with E-state index in [4.69, 9.17) is 9.84 Å². The SMILES string of the molecule is OCCn1nnnc1SCCCOc1ccccc1. The molecule has 0 saturated carbocycles. The van der Waals surface area contributed by atoms with Gasteiger partial charge in [0.25, 0.3) is 0 Å². The van der Waals surface area contributed by atoms with Crippen LogP contribution in [0.4, 0.5) is 0 Å². The zero-order chi connectivity index (χ0) is 13.3. The molecule has 0 bridgehead atoms. The van der Waals surface area contributed by atoms with Crippen LogP contribution in [0.15, 0.2) is 35.5 Å². The molecule has 2 aromatic rings. The molecule has 1 aromatic carbocycles. The molecule has 1 heterocycles. The number of para-hydroxylation sites is 1. The van der Waals surface area contributed by atoms with Gasteiger partial charge in [0.1, 0.15) is 5.75 Å². The lowest BCUT2D eigenvalue weighted by Gasteiger charge is -2.05. The highest BCUT2D eigenvalue weighted by atomic mass is 32.2. The number of ether oxygens (including phenoxy) is 1. The Morgan fingerprint density at radius 3 is 2.89 bits per heavy atom. The molecule has 0 spiro atoms. The molecule has 0 aliphatic heterocycles. The first-order valence-corrected chi connectivity index (χ1v) is 7.06. The Morgan fingerprint density at radius 2 is 2.11 bits per heavy atom. The van der Waals surface area contributed by atoms with Gasteiger partial charge in [-0.25, -0.2) is 4.68 Å². The van der Waals surface area contributed by atoms with Crippen LogP contribution in [0.5, 0.6) is 5.75 Å². The highest BCUT2D eigenvalue weighted by Gasteiger charge is 2.05. The molecule has 0 atom stereocenters. The standard InChI is InChI=1S/C12H16N4O2S/c17-8-7-16-12(13-14-15-16)19-10-4-9-18-11-5-2-1-3-6-11/h1-3,5-6,17H,4,7-10H2. The number of nitrogens with zero attached hydrogens (tertiary/aromatic N) is 4. The lowest BCUT2D eigenvalue weighted by molar-refractivity contribution is 0.262. The molecule has 0 unspecified atom stereocenters. The number of hydrogen-bond donors (Lipinski definition) is 1. The van der Waals surface area contributed by atoms with E-state index in [-0.39, 0.29) is 6.61 Å². The van der Waals surface area contributed by atoms with Gasteiger partial charge in [-0.3, -0.25) is 0 Å². The van der Waals surface area contributed by atoms with Crippen LogP contribution in [0, 0.1) is 0 Å². The number of aliphatic hydroxyl groups is 1. The Morgan fingerprint density at radius 1 is 1.26 bits per heavy atom. The summed E-state index contributed by atoms with van der Waals surface area (Å²) < 4.78 is 7.19. The van der Waals surface area contributed by atoms with Gasteiger partial charge in [0.15, 0.2) is 0 Å². The van der Waals surface area contributed by atoms with E-state index >= 15 is 0 Å². The van der Waals surface area contributed by atoms with E-state index in [9.17, 15) is 0 Å². The Balaban J connectivity index is 1.65. The molecule has 2 rings (SSSR count). The van der Waals surface area contributed by atoms with E-state index < -0.39 is 0 Å². The summed E-state index contributed by atoms with van der Waals surface area (Å²) in [5, 5.41) is 20.9. The summed E-state index contributed by atoms with van der Waals surface area (Å²) in [6.07, 6.45) is 0.908. The number of benzene rings is 1. The van der Waals surface area contributed by atoms with Gasteiger partial charge in [-0.2, -0.15) is 0 Å². The Bertz CT molecular complexity index is 478. The van der Waals surface area contributed by atoms with Crippen LogP contribution in [-0.4, -0.2) is 44.3 Å². The normalized spacial score (nSPS) is 10.6. The molecule has 0 saturated heterocycles. The molecular weight excluding hydrogens is 264 g/mol. The fourth-order valence-electron chi connectivity index (χ4n) is 1.46. The predicted molar refractivity (Wildman–Crippen MR) is 72.2 cm³/mol. The molecule has 0 fully saturated rings. The van der Waals surface area contributed by atoms with E-state index in [1.807, 2.05) is 30.3 Å². The van der Waals surface area contributed by atoms with Gasteiger partial charge in [0, 0.05) is 5.75 Å². The zero-order valence-electron chi connectivity index (χ0n) is 10.5. The molecule has 1 aromatic heterocycles. The number of aromatic nitrogens is 4. The summed E-state index contributed by atoms with van der Waals surface area (Å²) in [6, 6.07) is 9.74. The third kappa shape index (κ3) is 4.53. The number of rotatable bonds is 8. The van der Waals surface area contributed by atoms with Crippen molar-refractivity contribution in [2.75, 3.05) is 19.0 Å². The first-order valence-electron chi connectivity index (χ1n) is 6.08. The third-order valence-electron chi connectivity index (χ3n) is 2.34. The first kappa shape index (κ1) is 13.8. The van der Waals surface area contributed by atoms with E-state index in [1.165, 1.54) is 0 Å². The van der Waals surface area contributed by atoms with Crippen molar-refractivity contribution < 1.29 is 9.84 Å². The van der Waals surface area contributed by atoms with Crippen LogP contribution < -0.4 is 4.74 Å². The van der Waals surface area contributed by atoms with Crippen molar-refractivity contribution in [1.29, 1.82) is 0 Å². The predicted octanol–water partition coefficient (Wildman–Crippen LogP) is 1.23. The fraction of sp³-hybridized carbons (Fsp3) is 0.417. The summed E-state index contributed by atoms with van der Waals surface area (Å²) >= 11 is 1.56. The summed E-state index contributed by atoms with van der Waals surface area (Å²) in [5.41, 5.74) is 0. The summed E-state index contributed by atoms with van der Waals surface area (Å²) in [5.74, 6) is 1.76. The molecule has 6 nitrogen and oxygen atoms in total. The molecular formula is C12H16N4O2S. The van der Waals surface area contributed by atoms with E-state index in [0.29, 0.717) is 13.2 Å². The maximum atomic E-state index is 8.85. The molecule has 7 heteroatoms.